The van der Waals surface area contributed by atoms with Gasteiger partial charge < -0.3 is 15.6 Å². The highest BCUT2D eigenvalue weighted by Crippen LogP contribution is 2.30. The number of hydrogen-bond donors (Lipinski definition) is 2. The Morgan fingerprint density at radius 3 is 2.47 bits per heavy atom. The smallest absolute Gasteiger partial charge is 0.120 e. The Morgan fingerprint density at radius 2 is 1.94 bits per heavy atom. The molecule has 0 radical (unpaired) electrons. The molecular formula is C13H22ClNO2. The molecule has 4 heteroatoms. The van der Waals surface area contributed by atoms with Gasteiger partial charge in [0.15, 0.2) is 0 Å². The summed E-state index contributed by atoms with van der Waals surface area (Å²) in [7, 11) is 1.61. The van der Waals surface area contributed by atoms with E-state index in [1.807, 2.05) is 0 Å². The van der Waals surface area contributed by atoms with E-state index in [1.165, 1.54) is 0 Å². The quantitative estimate of drug-likeness (QED) is 0.853. The minimum absolute atomic E-state index is 0. The Labute approximate surface area is 109 Å². The maximum Gasteiger partial charge on any atom is 0.120 e. The molecule has 1 aromatic carbocycles. The van der Waals surface area contributed by atoms with E-state index in [2.05, 4.69) is 13.8 Å². The Morgan fingerprint density at radius 1 is 1.29 bits per heavy atom. The SMILES string of the molecule is COc1ccc(O)c([C@H](N)CCC(C)C)c1.Cl. The number of hydrogen-bond acceptors (Lipinski definition) is 3. The minimum atomic E-state index is -0.127. The maximum absolute atomic E-state index is 9.73. The lowest BCUT2D eigenvalue weighted by Gasteiger charge is -2.15. The summed E-state index contributed by atoms with van der Waals surface area (Å²) in [4.78, 5) is 0. The summed E-state index contributed by atoms with van der Waals surface area (Å²) >= 11 is 0. The van der Waals surface area contributed by atoms with Crippen LogP contribution in [0.2, 0.25) is 0 Å². The number of aromatic hydroxyl groups is 1. The minimum Gasteiger partial charge on any atom is -0.508 e. The van der Waals surface area contributed by atoms with Crippen molar-refractivity contribution in [2.45, 2.75) is 32.7 Å². The van der Waals surface area contributed by atoms with Crippen LogP contribution in [0.3, 0.4) is 0 Å². The zero-order chi connectivity index (χ0) is 12.1. The van der Waals surface area contributed by atoms with Crippen LogP contribution in [0.25, 0.3) is 0 Å². The summed E-state index contributed by atoms with van der Waals surface area (Å²) in [6.45, 7) is 4.33. The number of rotatable bonds is 5. The molecule has 0 saturated heterocycles. The average Bonchev–Trinajstić information content (AvgIpc) is 2.26. The third kappa shape index (κ3) is 4.84. The van der Waals surface area contributed by atoms with Gasteiger partial charge in [-0.1, -0.05) is 13.8 Å². The number of benzene rings is 1. The van der Waals surface area contributed by atoms with Crippen molar-refractivity contribution >= 4 is 12.4 Å². The van der Waals surface area contributed by atoms with Gasteiger partial charge in [0.05, 0.1) is 7.11 Å². The van der Waals surface area contributed by atoms with E-state index in [0.717, 1.165) is 24.2 Å². The number of nitrogens with two attached hydrogens (primary N) is 1. The highest BCUT2D eigenvalue weighted by Gasteiger charge is 2.12. The highest BCUT2D eigenvalue weighted by atomic mass is 35.5. The molecule has 0 spiro atoms. The molecule has 1 atom stereocenters. The summed E-state index contributed by atoms with van der Waals surface area (Å²) in [5, 5.41) is 9.73. The highest BCUT2D eigenvalue weighted by molar-refractivity contribution is 5.85. The van der Waals surface area contributed by atoms with E-state index in [-0.39, 0.29) is 24.2 Å². The zero-order valence-electron chi connectivity index (χ0n) is 10.6. The van der Waals surface area contributed by atoms with Crippen LogP contribution in [0, 0.1) is 5.92 Å². The largest absolute Gasteiger partial charge is 0.508 e. The van der Waals surface area contributed by atoms with Gasteiger partial charge in [0.2, 0.25) is 0 Å². The van der Waals surface area contributed by atoms with E-state index >= 15 is 0 Å². The lowest BCUT2D eigenvalue weighted by Crippen LogP contribution is -2.11. The van der Waals surface area contributed by atoms with Crippen LogP contribution < -0.4 is 10.5 Å². The van der Waals surface area contributed by atoms with Gasteiger partial charge in [0.1, 0.15) is 11.5 Å². The molecule has 3 nitrogen and oxygen atoms in total. The molecule has 0 aliphatic carbocycles. The summed E-state index contributed by atoms with van der Waals surface area (Å²) in [6, 6.07) is 5.04. The predicted molar refractivity (Wildman–Crippen MR) is 72.9 cm³/mol. The summed E-state index contributed by atoms with van der Waals surface area (Å²) in [5.74, 6) is 1.60. The van der Waals surface area contributed by atoms with Crippen molar-refractivity contribution < 1.29 is 9.84 Å². The second-order valence-corrected chi connectivity index (χ2v) is 4.50. The summed E-state index contributed by atoms with van der Waals surface area (Å²) in [5.41, 5.74) is 6.82. The Hall–Kier alpha value is -0.930. The fourth-order valence-electron chi connectivity index (χ4n) is 1.62. The van der Waals surface area contributed by atoms with Gasteiger partial charge in [-0.25, -0.2) is 0 Å². The van der Waals surface area contributed by atoms with Crippen molar-refractivity contribution in [3.05, 3.63) is 23.8 Å². The lowest BCUT2D eigenvalue weighted by molar-refractivity contribution is 0.407. The maximum atomic E-state index is 9.73. The van der Waals surface area contributed by atoms with E-state index in [4.69, 9.17) is 10.5 Å². The number of ether oxygens (including phenoxy) is 1. The van der Waals surface area contributed by atoms with Gasteiger partial charge in [-0.3, -0.25) is 0 Å². The number of phenolic OH excluding ortho intramolecular Hbond substituents is 1. The molecular weight excluding hydrogens is 238 g/mol. The second kappa shape index (κ2) is 7.41. The van der Waals surface area contributed by atoms with Crippen LogP contribution in [-0.2, 0) is 0 Å². The van der Waals surface area contributed by atoms with Crippen LogP contribution in [0.1, 0.15) is 38.3 Å². The third-order valence-electron chi connectivity index (χ3n) is 2.69. The predicted octanol–water partition coefficient (Wildman–Crippen LogP) is 3.26. The molecule has 0 heterocycles. The summed E-state index contributed by atoms with van der Waals surface area (Å²) in [6.07, 6.45) is 1.93. The molecule has 0 unspecified atom stereocenters. The molecule has 1 aromatic rings. The number of methoxy groups -OCH3 is 1. The molecule has 1 rings (SSSR count). The Kier molecular flexibility index (Phi) is 7.00. The zero-order valence-corrected chi connectivity index (χ0v) is 11.5. The van der Waals surface area contributed by atoms with Crippen molar-refractivity contribution in [2.75, 3.05) is 7.11 Å². The van der Waals surface area contributed by atoms with Crippen molar-refractivity contribution in [2.24, 2.45) is 11.7 Å². The van der Waals surface area contributed by atoms with Crippen molar-refractivity contribution in [1.82, 2.24) is 0 Å². The topological polar surface area (TPSA) is 55.5 Å². The first-order valence-electron chi connectivity index (χ1n) is 5.67. The first-order chi connectivity index (χ1) is 7.54. The van der Waals surface area contributed by atoms with Gasteiger partial charge in [-0.05, 0) is 37.0 Å². The lowest BCUT2D eigenvalue weighted by atomic mass is 9.97. The van der Waals surface area contributed by atoms with Gasteiger partial charge in [-0.15, -0.1) is 12.4 Å². The van der Waals surface area contributed by atoms with Crippen LogP contribution in [0.5, 0.6) is 11.5 Å². The fraction of sp³-hybridized carbons (Fsp3) is 0.538. The van der Waals surface area contributed by atoms with Gasteiger partial charge in [-0.2, -0.15) is 0 Å². The molecule has 0 saturated carbocycles. The van der Waals surface area contributed by atoms with Crippen LogP contribution in [-0.4, -0.2) is 12.2 Å². The van der Waals surface area contributed by atoms with E-state index < -0.39 is 0 Å². The average molecular weight is 260 g/mol. The van der Waals surface area contributed by atoms with Gasteiger partial charge in [0, 0.05) is 11.6 Å². The van der Waals surface area contributed by atoms with E-state index in [9.17, 15) is 5.11 Å². The van der Waals surface area contributed by atoms with Crippen LogP contribution in [0.15, 0.2) is 18.2 Å². The monoisotopic (exact) mass is 259 g/mol. The van der Waals surface area contributed by atoms with Gasteiger partial charge >= 0.3 is 0 Å². The number of halogens is 1. The Bertz CT molecular complexity index is 342. The van der Waals surface area contributed by atoms with Crippen molar-refractivity contribution in [1.29, 1.82) is 0 Å². The number of phenols is 1. The second-order valence-electron chi connectivity index (χ2n) is 4.50. The Balaban J connectivity index is 0.00000256. The molecule has 0 fully saturated rings. The molecule has 0 amide bonds. The molecule has 98 valence electrons. The van der Waals surface area contributed by atoms with Crippen molar-refractivity contribution in [3.8, 4) is 11.5 Å². The fourth-order valence-corrected chi connectivity index (χ4v) is 1.62. The molecule has 3 N–H and O–H groups in total. The first-order valence-corrected chi connectivity index (χ1v) is 5.67. The molecule has 0 aliphatic heterocycles. The molecule has 0 aliphatic rings. The first kappa shape index (κ1) is 16.1. The van der Waals surface area contributed by atoms with E-state index in [0.29, 0.717) is 5.92 Å². The molecule has 17 heavy (non-hydrogen) atoms. The molecule has 0 aromatic heterocycles. The van der Waals surface area contributed by atoms with E-state index in [1.54, 1.807) is 25.3 Å². The van der Waals surface area contributed by atoms with Crippen molar-refractivity contribution in [3.63, 3.8) is 0 Å². The molecule has 0 bridgehead atoms. The standard InChI is InChI=1S/C13H21NO2.ClH/c1-9(2)4-6-12(14)11-8-10(16-3)5-7-13(11)15;/h5,7-9,12,15H,4,6,14H2,1-3H3;1H/t12-;/m1./s1. The van der Waals surface area contributed by atoms with Gasteiger partial charge in [0.25, 0.3) is 0 Å². The summed E-state index contributed by atoms with van der Waals surface area (Å²) < 4.78 is 5.12. The third-order valence-corrected chi connectivity index (χ3v) is 2.69. The van der Waals surface area contributed by atoms with Crippen LogP contribution >= 0.6 is 12.4 Å². The van der Waals surface area contributed by atoms with Crippen LogP contribution in [0.4, 0.5) is 0 Å². The normalized spacial score (nSPS) is 12.1.